The first-order valence-corrected chi connectivity index (χ1v) is 5.00. The quantitative estimate of drug-likeness (QED) is 0.369. The Labute approximate surface area is 85.4 Å². The van der Waals surface area contributed by atoms with Crippen molar-refractivity contribution in [2.75, 3.05) is 6.00 Å². The molecule has 74 valence electrons. The molecule has 0 unspecified atom stereocenters. The van der Waals surface area contributed by atoms with Gasteiger partial charge in [0.2, 0.25) is 0 Å². The molecule has 0 aliphatic carbocycles. The zero-order valence-corrected chi connectivity index (χ0v) is 9.36. The second-order valence-electron chi connectivity index (χ2n) is 2.65. The molecule has 0 aromatic carbocycles. The van der Waals surface area contributed by atoms with Gasteiger partial charge in [0, 0.05) is 11.4 Å². The molecule has 0 aliphatic rings. The first-order valence-electron chi connectivity index (χ1n) is 4.47. The monoisotopic (exact) mass is 200 g/mol. The summed E-state index contributed by atoms with van der Waals surface area (Å²) >= 11 is 5.57. The maximum atomic E-state index is 5.57. The van der Waals surface area contributed by atoms with Gasteiger partial charge in [0.15, 0.2) is 0 Å². The molecule has 0 saturated carbocycles. The molecule has 0 aromatic rings. The van der Waals surface area contributed by atoms with Crippen LogP contribution in [0.2, 0.25) is 0 Å². The minimum absolute atomic E-state index is 0.317. The van der Waals surface area contributed by atoms with Crippen LogP contribution in [0, 0.1) is 0 Å². The Kier molecular flexibility index (Phi) is 6.51. The van der Waals surface area contributed by atoms with Crippen molar-refractivity contribution in [1.29, 1.82) is 0 Å². The van der Waals surface area contributed by atoms with Crippen LogP contribution in [0.5, 0.6) is 0 Å². The van der Waals surface area contributed by atoms with Gasteiger partial charge in [-0.3, -0.25) is 9.98 Å². The fraction of sp³-hybridized carbons (Fsp3) is 0.600. The average molecular weight is 201 g/mol. The van der Waals surface area contributed by atoms with Crippen molar-refractivity contribution in [3.05, 3.63) is 11.3 Å². The lowest BCUT2D eigenvalue weighted by Crippen LogP contribution is -2.03. The fourth-order valence-electron chi connectivity index (χ4n) is 1.26. The Hall–Kier alpha value is -0.630. The lowest BCUT2D eigenvalue weighted by molar-refractivity contribution is 1.07. The van der Waals surface area contributed by atoms with E-state index < -0.39 is 0 Å². The molecular weight excluding hydrogens is 184 g/mol. The van der Waals surface area contributed by atoms with Gasteiger partial charge in [-0.1, -0.05) is 13.8 Å². The van der Waals surface area contributed by atoms with Crippen LogP contribution in [-0.4, -0.2) is 18.4 Å². The van der Waals surface area contributed by atoms with E-state index in [9.17, 15) is 0 Å². The smallest absolute Gasteiger partial charge is 0.113 e. The number of nitrogens with zero attached hydrogens (tertiary/aromatic N) is 2. The fourth-order valence-corrected chi connectivity index (χ4v) is 1.40. The second kappa shape index (κ2) is 6.84. The molecule has 0 spiro atoms. The highest BCUT2D eigenvalue weighted by atomic mass is 35.5. The van der Waals surface area contributed by atoms with E-state index in [0.29, 0.717) is 6.00 Å². The van der Waals surface area contributed by atoms with Gasteiger partial charge in [0.25, 0.3) is 0 Å². The molecule has 0 aromatic heterocycles. The van der Waals surface area contributed by atoms with E-state index >= 15 is 0 Å². The van der Waals surface area contributed by atoms with Gasteiger partial charge in [0.05, 0.1) is 0 Å². The molecule has 2 nitrogen and oxygen atoms in total. The van der Waals surface area contributed by atoms with Gasteiger partial charge < -0.3 is 0 Å². The zero-order chi connectivity index (χ0) is 10.3. The minimum Gasteiger partial charge on any atom is -0.273 e. The van der Waals surface area contributed by atoms with E-state index in [1.807, 2.05) is 6.92 Å². The third-order valence-corrected chi connectivity index (χ3v) is 2.08. The van der Waals surface area contributed by atoms with E-state index in [1.165, 1.54) is 0 Å². The minimum atomic E-state index is 0.317. The lowest BCUT2D eigenvalue weighted by Gasteiger charge is -2.08. The van der Waals surface area contributed by atoms with Crippen LogP contribution in [-0.2, 0) is 0 Å². The van der Waals surface area contributed by atoms with Crippen molar-refractivity contribution in [3.8, 4) is 0 Å². The SMILES string of the molecule is C=N/C(C)=C(CC)\C(CC)=N/CCl. The summed E-state index contributed by atoms with van der Waals surface area (Å²) in [5, 5.41) is 0. The van der Waals surface area contributed by atoms with Crippen LogP contribution in [0.25, 0.3) is 0 Å². The lowest BCUT2D eigenvalue weighted by atomic mass is 10.0. The molecule has 0 N–H and O–H groups in total. The van der Waals surface area contributed by atoms with Gasteiger partial charge in [0.1, 0.15) is 6.00 Å². The topological polar surface area (TPSA) is 24.7 Å². The summed E-state index contributed by atoms with van der Waals surface area (Å²) in [6.45, 7) is 9.61. The van der Waals surface area contributed by atoms with Crippen molar-refractivity contribution in [2.24, 2.45) is 9.98 Å². The molecule has 0 aliphatic heterocycles. The molecule has 0 fully saturated rings. The van der Waals surface area contributed by atoms with Gasteiger partial charge >= 0.3 is 0 Å². The molecule has 13 heavy (non-hydrogen) atoms. The molecule has 0 bridgehead atoms. The summed E-state index contributed by atoms with van der Waals surface area (Å²) in [5.74, 6) is 0. The van der Waals surface area contributed by atoms with Crippen molar-refractivity contribution in [2.45, 2.75) is 33.6 Å². The Morgan fingerprint density at radius 2 is 1.92 bits per heavy atom. The number of hydrogen-bond acceptors (Lipinski definition) is 2. The molecular formula is C10H17ClN2. The summed E-state index contributed by atoms with van der Waals surface area (Å²) in [7, 11) is 0. The van der Waals surface area contributed by atoms with Gasteiger partial charge in [-0.2, -0.15) is 0 Å². The third kappa shape index (κ3) is 3.73. The van der Waals surface area contributed by atoms with Crippen molar-refractivity contribution in [1.82, 2.24) is 0 Å². The van der Waals surface area contributed by atoms with Gasteiger partial charge in [-0.25, -0.2) is 0 Å². The van der Waals surface area contributed by atoms with Crippen molar-refractivity contribution < 1.29 is 0 Å². The maximum absolute atomic E-state index is 5.57. The molecule has 0 radical (unpaired) electrons. The number of alkyl halides is 1. The highest BCUT2D eigenvalue weighted by Crippen LogP contribution is 2.13. The first kappa shape index (κ1) is 12.4. The summed E-state index contributed by atoms with van der Waals surface area (Å²) in [5.41, 5.74) is 3.16. The largest absolute Gasteiger partial charge is 0.273 e. The number of aliphatic imine (C=N–C) groups is 2. The summed E-state index contributed by atoms with van der Waals surface area (Å²) < 4.78 is 0. The average Bonchev–Trinajstić information content (AvgIpc) is 2.17. The van der Waals surface area contributed by atoms with Gasteiger partial charge in [-0.05, 0) is 32.1 Å². The van der Waals surface area contributed by atoms with Gasteiger partial charge in [-0.15, -0.1) is 11.6 Å². The van der Waals surface area contributed by atoms with Crippen LogP contribution in [0.1, 0.15) is 33.6 Å². The molecule has 0 atom stereocenters. The van der Waals surface area contributed by atoms with Crippen molar-refractivity contribution in [3.63, 3.8) is 0 Å². The number of allylic oxidation sites excluding steroid dienone is 2. The third-order valence-electron chi connectivity index (χ3n) is 1.96. The highest BCUT2D eigenvalue weighted by molar-refractivity contribution is 6.18. The Balaban J connectivity index is 4.94. The highest BCUT2D eigenvalue weighted by Gasteiger charge is 2.05. The van der Waals surface area contributed by atoms with Crippen LogP contribution >= 0.6 is 11.6 Å². The Bertz CT molecular complexity index is 229. The van der Waals surface area contributed by atoms with E-state index in [4.69, 9.17) is 11.6 Å². The standard InChI is InChI=1S/C10H17ClN2/c1-5-9(8(3)12-4)10(6-2)13-7-11/h4-7H2,1-3H3/b9-8-,13-10-. The van der Waals surface area contributed by atoms with Crippen LogP contribution in [0.4, 0.5) is 0 Å². The molecule has 0 heterocycles. The first-order chi connectivity index (χ1) is 6.21. The second-order valence-corrected chi connectivity index (χ2v) is 2.89. The molecule has 0 amide bonds. The van der Waals surface area contributed by atoms with E-state index in [2.05, 4.69) is 30.5 Å². The van der Waals surface area contributed by atoms with Crippen LogP contribution < -0.4 is 0 Å². The van der Waals surface area contributed by atoms with E-state index in [0.717, 1.165) is 29.8 Å². The number of rotatable bonds is 5. The molecule has 0 saturated heterocycles. The zero-order valence-electron chi connectivity index (χ0n) is 8.60. The summed E-state index contributed by atoms with van der Waals surface area (Å²) in [6.07, 6.45) is 1.82. The normalized spacial score (nSPS) is 14.0. The summed E-state index contributed by atoms with van der Waals surface area (Å²) in [4.78, 5) is 8.14. The van der Waals surface area contributed by atoms with E-state index in [1.54, 1.807) is 0 Å². The predicted molar refractivity (Wildman–Crippen MR) is 61.0 cm³/mol. The number of halogens is 1. The maximum Gasteiger partial charge on any atom is 0.113 e. The van der Waals surface area contributed by atoms with Crippen LogP contribution in [0.3, 0.4) is 0 Å². The predicted octanol–water partition coefficient (Wildman–Crippen LogP) is 3.42. The van der Waals surface area contributed by atoms with E-state index in [-0.39, 0.29) is 0 Å². The van der Waals surface area contributed by atoms with Crippen LogP contribution in [0.15, 0.2) is 21.3 Å². The summed E-state index contributed by atoms with van der Waals surface area (Å²) in [6, 6.07) is 0.317. The Morgan fingerprint density at radius 3 is 2.23 bits per heavy atom. The van der Waals surface area contributed by atoms with Crippen molar-refractivity contribution >= 4 is 24.0 Å². The number of hydrogen-bond donors (Lipinski definition) is 0. The molecule has 3 heteroatoms. The molecule has 0 rings (SSSR count). The Morgan fingerprint density at radius 1 is 1.31 bits per heavy atom.